The second-order valence-corrected chi connectivity index (χ2v) is 6.58. The number of hydrogen-bond acceptors (Lipinski definition) is 3. The molecule has 1 aliphatic rings. The molecule has 88 valence electrons. The predicted molar refractivity (Wildman–Crippen MR) is 73.1 cm³/mol. The summed E-state index contributed by atoms with van der Waals surface area (Å²) in [4.78, 5) is 1.24. The lowest BCUT2D eigenvalue weighted by molar-refractivity contribution is 0.155. The van der Waals surface area contributed by atoms with Gasteiger partial charge in [0.2, 0.25) is 0 Å². The Bertz CT molecular complexity index is 376. The third kappa shape index (κ3) is 2.27. The molecule has 3 heteroatoms. The maximum atomic E-state index is 10.4. The van der Waals surface area contributed by atoms with Crippen LogP contribution in [0.15, 0.2) is 23.1 Å². The summed E-state index contributed by atoms with van der Waals surface area (Å²) >= 11 is 3.61. The summed E-state index contributed by atoms with van der Waals surface area (Å²) in [5.41, 5.74) is 2.44. The molecule has 1 aliphatic heterocycles. The SMILES string of the molecule is CSc1ccc2c(c1)C(O)C(C(C)C)SC2. The van der Waals surface area contributed by atoms with Crippen LogP contribution in [0.4, 0.5) is 0 Å². The Labute approximate surface area is 106 Å². The molecule has 16 heavy (non-hydrogen) atoms. The van der Waals surface area contributed by atoms with Gasteiger partial charge >= 0.3 is 0 Å². The first-order chi connectivity index (χ1) is 7.63. The Hall–Kier alpha value is -0.120. The number of fused-ring (bicyclic) bond motifs is 1. The summed E-state index contributed by atoms with van der Waals surface area (Å²) in [6.45, 7) is 4.37. The third-order valence-electron chi connectivity index (χ3n) is 3.07. The van der Waals surface area contributed by atoms with Gasteiger partial charge in [-0.15, -0.1) is 11.8 Å². The molecular weight excluding hydrogens is 236 g/mol. The fourth-order valence-electron chi connectivity index (χ4n) is 2.12. The summed E-state index contributed by atoms with van der Waals surface area (Å²) < 4.78 is 0. The van der Waals surface area contributed by atoms with Crippen LogP contribution < -0.4 is 0 Å². The van der Waals surface area contributed by atoms with E-state index < -0.39 is 0 Å². The maximum Gasteiger partial charge on any atom is 0.0914 e. The van der Waals surface area contributed by atoms with Gasteiger partial charge < -0.3 is 5.11 Å². The molecule has 0 fully saturated rings. The van der Waals surface area contributed by atoms with E-state index in [0.29, 0.717) is 11.2 Å². The lowest BCUT2D eigenvalue weighted by Gasteiger charge is -2.32. The van der Waals surface area contributed by atoms with E-state index in [-0.39, 0.29) is 6.10 Å². The molecule has 1 N–H and O–H groups in total. The van der Waals surface area contributed by atoms with Crippen molar-refractivity contribution in [3.05, 3.63) is 29.3 Å². The summed E-state index contributed by atoms with van der Waals surface area (Å²) in [7, 11) is 0. The van der Waals surface area contributed by atoms with E-state index in [1.54, 1.807) is 11.8 Å². The fraction of sp³-hybridized carbons (Fsp3) is 0.538. The van der Waals surface area contributed by atoms with Gasteiger partial charge in [-0.25, -0.2) is 0 Å². The molecule has 0 saturated carbocycles. The monoisotopic (exact) mass is 254 g/mol. The highest BCUT2D eigenvalue weighted by Gasteiger charge is 2.30. The number of thioether (sulfide) groups is 2. The van der Waals surface area contributed by atoms with Crippen molar-refractivity contribution in [2.75, 3.05) is 6.26 Å². The van der Waals surface area contributed by atoms with Crippen molar-refractivity contribution in [1.29, 1.82) is 0 Å². The van der Waals surface area contributed by atoms with Crippen LogP contribution in [0.3, 0.4) is 0 Å². The summed E-state index contributed by atoms with van der Waals surface area (Å²) in [5, 5.41) is 10.7. The van der Waals surface area contributed by atoms with Gasteiger partial charge in [0.1, 0.15) is 0 Å². The molecule has 2 unspecified atom stereocenters. The van der Waals surface area contributed by atoms with Crippen molar-refractivity contribution < 1.29 is 5.11 Å². The molecule has 1 nitrogen and oxygen atoms in total. The molecule has 0 saturated heterocycles. The zero-order valence-electron chi connectivity index (χ0n) is 9.93. The van der Waals surface area contributed by atoms with Gasteiger partial charge in [0.05, 0.1) is 6.10 Å². The van der Waals surface area contributed by atoms with Crippen LogP contribution in [0.1, 0.15) is 31.1 Å². The van der Waals surface area contributed by atoms with E-state index >= 15 is 0 Å². The Morgan fingerprint density at radius 2 is 2.19 bits per heavy atom. The van der Waals surface area contributed by atoms with E-state index in [9.17, 15) is 5.11 Å². The third-order valence-corrected chi connectivity index (χ3v) is 5.46. The number of benzene rings is 1. The van der Waals surface area contributed by atoms with Crippen molar-refractivity contribution in [3.8, 4) is 0 Å². The zero-order chi connectivity index (χ0) is 11.7. The summed E-state index contributed by atoms with van der Waals surface area (Å²) in [6, 6.07) is 6.46. The quantitative estimate of drug-likeness (QED) is 0.812. The van der Waals surface area contributed by atoms with Gasteiger partial charge in [-0.1, -0.05) is 19.9 Å². The van der Waals surface area contributed by atoms with Gasteiger partial charge in [-0.05, 0) is 35.4 Å². The number of rotatable bonds is 2. The predicted octanol–water partition coefficient (Wildman–Crippen LogP) is 3.71. The molecule has 0 bridgehead atoms. The Balaban J connectivity index is 2.34. The molecule has 0 spiro atoms. The van der Waals surface area contributed by atoms with E-state index in [1.807, 2.05) is 11.8 Å². The molecule has 1 aromatic carbocycles. The van der Waals surface area contributed by atoms with Gasteiger partial charge in [0, 0.05) is 15.9 Å². The lowest BCUT2D eigenvalue weighted by Crippen LogP contribution is -2.25. The highest BCUT2D eigenvalue weighted by atomic mass is 32.2. The largest absolute Gasteiger partial charge is 0.387 e. The first-order valence-corrected chi connectivity index (χ1v) is 7.87. The molecule has 2 rings (SSSR count). The normalized spacial score (nSPS) is 24.6. The topological polar surface area (TPSA) is 20.2 Å². The zero-order valence-corrected chi connectivity index (χ0v) is 11.6. The minimum Gasteiger partial charge on any atom is -0.387 e. The van der Waals surface area contributed by atoms with Crippen molar-refractivity contribution >= 4 is 23.5 Å². The van der Waals surface area contributed by atoms with Crippen LogP contribution in [0.2, 0.25) is 0 Å². The molecule has 2 atom stereocenters. The summed E-state index contributed by atoms with van der Waals surface area (Å²) in [6.07, 6.45) is 1.77. The van der Waals surface area contributed by atoms with Crippen LogP contribution in [0, 0.1) is 5.92 Å². The second kappa shape index (κ2) is 5.03. The van der Waals surface area contributed by atoms with Crippen LogP contribution in [-0.2, 0) is 5.75 Å². The van der Waals surface area contributed by atoms with Crippen molar-refractivity contribution in [2.45, 2.75) is 35.8 Å². The first-order valence-electron chi connectivity index (χ1n) is 5.60. The second-order valence-electron chi connectivity index (χ2n) is 4.53. The van der Waals surface area contributed by atoms with E-state index in [0.717, 1.165) is 11.3 Å². The van der Waals surface area contributed by atoms with Crippen molar-refractivity contribution in [1.82, 2.24) is 0 Å². The van der Waals surface area contributed by atoms with E-state index in [1.165, 1.54) is 10.5 Å². The minimum absolute atomic E-state index is 0.305. The number of hydrogen-bond donors (Lipinski definition) is 1. The Morgan fingerprint density at radius 3 is 2.81 bits per heavy atom. The number of aliphatic hydroxyl groups is 1. The smallest absolute Gasteiger partial charge is 0.0914 e. The average molecular weight is 254 g/mol. The number of aliphatic hydroxyl groups excluding tert-OH is 1. The van der Waals surface area contributed by atoms with Crippen LogP contribution in [-0.4, -0.2) is 16.6 Å². The molecule has 1 heterocycles. The van der Waals surface area contributed by atoms with Crippen LogP contribution in [0.5, 0.6) is 0 Å². The van der Waals surface area contributed by atoms with Crippen LogP contribution >= 0.6 is 23.5 Å². The van der Waals surface area contributed by atoms with Crippen molar-refractivity contribution in [3.63, 3.8) is 0 Å². The molecule has 0 aromatic heterocycles. The van der Waals surface area contributed by atoms with Gasteiger partial charge in [0.15, 0.2) is 0 Å². The summed E-state index contributed by atoms with van der Waals surface area (Å²) in [5.74, 6) is 1.55. The van der Waals surface area contributed by atoms with E-state index in [4.69, 9.17) is 0 Å². The first kappa shape index (κ1) is 12.3. The molecule has 1 aromatic rings. The van der Waals surface area contributed by atoms with Gasteiger partial charge in [0.25, 0.3) is 0 Å². The molecule has 0 aliphatic carbocycles. The maximum absolute atomic E-state index is 10.4. The van der Waals surface area contributed by atoms with Crippen LogP contribution in [0.25, 0.3) is 0 Å². The molecule has 0 radical (unpaired) electrons. The Morgan fingerprint density at radius 1 is 1.44 bits per heavy atom. The molecular formula is C13H18OS2. The Kier molecular flexibility index (Phi) is 3.88. The van der Waals surface area contributed by atoms with E-state index in [2.05, 4.69) is 38.3 Å². The average Bonchev–Trinajstić information content (AvgIpc) is 2.28. The minimum atomic E-state index is -0.305. The highest BCUT2D eigenvalue weighted by molar-refractivity contribution is 7.99. The van der Waals surface area contributed by atoms with Gasteiger partial charge in [-0.3, -0.25) is 0 Å². The van der Waals surface area contributed by atoms with Crippen molar-refractivity contribution in [2.24, 2.45) is 5.92 Å². The molecule has 0 amide bonds. The fourth-order valence-corrected chi connectivity index (χ4v) is 3.92. The van der Waals surface area contributed by atoms with Gasteiger partial charge in [-0.2, -0.15) is 11.8 Å². The lowest BCUT2D eigenvalue weighted by atomic mass is 9.95. The standard InChI is InChI=1S/C13H18OS2/c1-8(2)13-12(14)11-6-10(15-3)5-4-9(11)7-16-13/h4-6,8,12-14H,7H2,1-3H3. The highest BCUT2D eigenvalue weighted by Crippen LogP contribution is 2.41.